The van der Waals surface area contributed by atoms with Crippen LogP contribution in [-0.2, 0) is 17.8 Å². The Morgan fingerprint density at radius 2 is 1.78 bits per heavy atom. The van der Waals surface area contributed by atoms with Crippen molar-refractivity contribution in [1.82, 2.24) is 10.2 Å². The molecule has 0 saturated heterocycles. The van der Waals surface area contributed by atoms with Crippen LogP contribution >= 0.6 is 0 Å². The van der Waals surface area contributed by atoms with Gasteiger partial charge in [-0.25, -0.2) is 0 Å². The Labute approximate surface area is 139 Å². The van der Waals surface area contributed by atoms with Gasteiger partial charge in [-0.15, -0.1) is 0 Å². The first kappa shape index (κ1) is 17.6. The van der Waals surface area contributed by atoms with Crippen LogP contribution < -0.4 is 14.8 Å². The number of hydrogen-bond acceptors (Lipinski definition) is 4. The van der Waals surface area contributed by atoms with Crippen molar-refractivity contribution in [2.24, 2.45) is 0 Å². The molecule has 5 heteroatoms. The van der Waals surface area contributed by atoms with Crippen LogP contribution in [0.15, 0.2) is 12.1 Å². The van der Waals surface area contributed by atoms with Gasteiger partial charge >= 0.3 is 0 Å². The molecule has 2 rings (SSSR count). The van der Waals surface area contributed by atoms with Crippen LogP contribution in [0.4, 0.5) is 0 Å². The standard InChI is InChI=1S/C18H28N2O3/c1-5-19-18(21)13(4)20-9-8-14-10-16(22-6-2)17(23-7-3)11-15(14)12-20/h10-11,13H,5-9,12H2,1-4H3,(H,19,21)/t13-/m0/s1. The maximum Gasteiger partial charge on any atom is 0.237 e. The normalized spacial score (nSPS) is 15.7. The molecule has 1 aromatic rings. The number of amides is 1. The number of carbonyl (C=O) groups excluding carboxylic acids is 1. The average Bonchev–Trinajstić information content (AvgIpc) is 2.55. The Morgan fingerprint density at radius 3 is 2.35 bits per heavy atom. The van der Waals surface area contributed by atoms with Gasteiger partial charge in [-0.1, -0.05) is 0 Å². The lowest BCUT2D eigenvalue weighted by molar-refractivity contribution is -0.126. The quantitative estimate of drug-likeness (QED) is 0.838. The van der Waals surface area contributed by atoms with E-state index in [0.717, 1.165) is 31.0 Å². The van der Waals surface area contributed by atoms with Gasteiger partial charge in [-0.2, -0.15) is 0 Å². The maximum atomic E-state index is 12.1. The van der Waals surface area contributed by atoms with Gasteiger partial charge in [-0.05, 0) is 57.4 Å². The highest BCUT2D eigenvalue weighted by Gasteiger charge is 2.26. The fourth-order valence-electron chi connectivity index (χ4n) is 2.94. The highest BCUT2D eigenvalue weighted by atomic mass is 16.5. The molecule has 0 spiro atoms. The molecule has 1 aromatic carbocycles. The number of rotatable bonds is 7. The van der Waals surface area contributed by atoms with Gasteiger partial charge in [0, 0.05) is 19.6 Å². The second kappa shape index (κ2) is 8.20. The summed E-state index contributed by atoms with van der Waals surface area (Å²) in [7, 11) is 0. The first-order chi connectivity index (χ1) is 11.1. The van der Waals surface area contributed by atoms with E-state index in [0.29, 0.717) is 19.8 Å². The van der Waals surface area contributed by atoms with E-state index in [-0.39, 0.29) is 11.9 Å². The SMILES string of the molecule is CCNC(=O)[C@H](C)N1CCc2cc(OCC)c(OCC)cc2C1. The van der Waals surface area contributed by atoms with E-state index in [4.69, 9.17) is 9.47 Å². The number of hydrogen-bond donors (Lipinski definition) is 1. The Balaban J connectivity index is 2.19. The van der Waals surface area contributed by atoms with Crippen LogP contribution in [0.25, 0.3) is 0 Å². The molecule has 1 amide bonds. The smallest absolute Gasteiger partial charge is 0.237 e. The van der Waals surface area contributed by atoms with Gasteiger partial charge in [0.05, 0.1) is 19.3 Å². The second-order valence-electron chi connectivity index (χ2n) is 5.72. The molecule has 0 fully saturated rings. The van der Waals surface area contributed by atoms with E-state index < -0.39 is 0 Å². The average molecular weight is 320 g/mol. The van der Waals surface area contributed by atoms with Crippen molar-refractivity contribution >= 4 is 5.91 Å². The summed E-state index contributed by atoms with van der Waals surface area (Å²) in [5, 5.41) is 2.90. The van der Waals surface area contributed by atoms with Crippen LogP contribution in [0.5, 0.6) is 11.5 Å². The first-order valence-electron chi connectivity index (χ1n) is 8.53. The summed E-state index contributed by atoms with van der Waals surface area (Å²) in [5.41, 5.74) is 2.51. The maximum absolute atomic E-state index is 12.1. The van der Waals surface area contributed by atoms with Crippen molar-refractivity contribution in [3.63, 3.8) is 0 Å². The van der Waals surface area contributed by atoms with Crippen LogP contribution in [0.3, 0.4) is 0 Å². The summed E-state index contributed by atoms with van der Waals surface area (Å²) in [6, 6.07) is 4.04. The number of likely N-dealkylation sites (N-methyl/N-ethyl adjacent to an activating group) is 1. The minimum Gasteiger partial charge on any atom is -0.490 e. The van der Waals surface area contributed by atoms with Gasteiger partial charge in [0.25, 0.3) is 0 Å². The third kappa shape index (κ3) is 4.16. The third-order valence-corrected chi connectivity index (χ3v) is 4.19. The Hall–Kier alpha value is -1.75. The van der Waals surface area contributed by atoms with E-state index in [1.54, 1.807) is 0 Å². The van der Waals surface area contributed by atoms with Gasteiger partial charge in [0.2, 0.25) is 5.91 Å². The molecule has 5 nitrogen and oxygen atoms in total. The van der Waals surface area contributed by atoms with E-state index in [1.165, 1.54) is 11.1 Å². The molecule has 1 heterocycles. The molecule has 1 N–H and O–H groups in total. The molecular formula is C18H28N2O3. The summed E-state index contributed by atoms with van der Waals surface area (Å²) < 4.78 is 11.4. The second-order valence-corrected chi connectivity index (χ2v) is 5.72. The summed E-state index contributed by atoms with van der Waals surface area (Å²) in [4.78, 5) is 14.3. The van der Waals surface area contributed by atoms with Crippen molar-refractivity contribution in [3.8, 4) is 11.5 Å². The van der Waals surface area contributed by atoms with Crippen LogP contribution in [0.2, 0.25) is 0 Å². The van der Waals surface area contributed by atoms with Crippen molar-refractivity contribution in [3.05, 3.63) is 23.3 Å². The minimum atomic E-state index is -0.120. The highest BCUT2D eigenvalue weighted by molar-refractivity contribution is 5.81. The van der Waals surface area contributed by atoms with Crippen molar-refractivity contribution < 1.29 is 14.3 Å². The fourth-order valence-corrected chi connectivity index (χ4v) is 2.94. The van der Waals surface area contributed by atoms with E-state index in [9.17, 15) is 4.79 Å². The van der Waals surface area contributed by atoms with Crippen LogP contribution in [-0.4, -0.2) is 43.2 Å². The van der Waals surface area contributed by atoms with Crippen molar-refractivity contribution in [2.75, 3.05) is 26.3 Å². The predicted octanol–water partition coefficient (Wildman–Crippen LogP) is 2.37. The number of carbonyl (C=O) groups is 1. The number of nitrogens with one attached hydrogen (secondary N) is 1. The molecule has 0 aliphatic carbocycles. The van der Waals surface area contributed by atoms with Gasteiger partial charge in [-0.3, -0.25) is 9.69 Å². The Kier molecular flexibility index (Phi) is 6.28. The predicted molar refractivity (Wildman–Crippen MR) is 91.0 cm³/mol. The lowest BCUT2D eigenvalue weighted by Crippen LogP contribution is -2.46. The molecule has 1 aliphatic rings. The zero-order valence-corrected chi connectivity index (χ0v) is 14.6. The first-order valence-corrected chi connectivity index (χ1v) is 8.53. The summed E-state index contributed by atoms with van der Waals surface area (Å²) in [6.45, 7) is 11.4. The molecule has 128 valence electrons. The summed E-state index contributed by atoms with van der Waals surface area (Å²) >= 11 is 0. The zero-order valence-electron chi connectivity index (χ0n) is 14.6. The van der Waals surface area contributed by atoms with Crippen molar-refractivity contribution in [2.45, 2.75) is 46.7 Å². The van der Waals surface area contributed by atoms with Gasteiger partial charge < -0.3 is 14.8 Å². The lowest BCUT2D eigenvalue weighted by Gasteiger charge is -2.33. The molecule has 0 radical (unpaired) electrons. The number of benzene rings is 1. The van der Waals surface area contributed by atoms with E-state index in [1.807, 2.05) is 27.7 Å². The molecule has 0 unspecified atom stereocenters. The number of ether oxygens (including phenoxy) is 2. The largest absolute Gasteiger partial charge is 0.490 e. The van der Waals surface area contributed by atoms with Crippen molar-refractivity contribution in [1.29, 1.82) is 0 Å². The van der Waals surface area contributed by atoms with Crippen LogP contribution in [0.1, 0.15) is 38.8 Å². The molecule has 1 atom stereocenters. The Morgan fingerprint density at radius 1 is 1.17 bits per heavy atom. The molecule has 23 heavy (non-hydrogen) atoms. The van der Waals surface area contributed by atoms with E-state index in [2.05, 4.69) is 22.3 Å². The number of nitrogens with zero attached hydrogens (tertiary/aromatic N) is 1. The molecule has 0 saturated carbocycles. The topological polar surface area (TPSA) is 50.8 Å². The molecule has 0 aromatic heterocycles. The Bertz CT molecular complexity index is 545. The minimum absolute atomic E-state index is 0.0897. The highest BCUT2D eigenvalue weighted by Crippen LogP contribution is 2.34. The van der Waals surface area contributed by atoms with Gasteiger partial charge in [0.15, 0.2) is 11.5 Å². The summed E-state index contributed by atoms with van der Waals surface area (Å²) in [5.74, 6) is 1.70. The van der Waals surface area contributed by atoms with E-state index >= 15 is 0 Å². The fraction of sp³-hybridized carbons (Fsp3) is 0.611. The molecular weight excluding hydrogens is 292 g/mol. The molecule has 0 bridgehead atoms. The third-order valence-electron chi connectivity index (χ3n) is 4.19. The number of fused-ring (bicyclic) bond motifs is 1. The van der Waals surface area contributed by atoms with Gasteiger partial charge in [0.1, 0.15) is 0 Å². The zero-order chi connectivity index (χ0) is 16.8. The monoisotopic (exact) mass is 320 g/mol. The van der Waals surface area contributed by atoms with Crippen LogP contribution in [0, 0.1) is 0 Å². The molecule has 1 aliphatic heterocycles. The summed E-state index contributed by atoms with van der Waals surface area (Å²) in [6.07, 6.45) is 0.922. The lowest BCUT2D eigenvalue weighted by atomic mass is 9.97.